The average molecular weight is 141 g/mol. The molecule has 0 spiro atoms. The van der Waals surface area contributed by atoms with Gasteiger partial charge in [0.25, 0.3) is 0 Å². The Bertz CT molecular complexity index is 86.7. The predicted octanol–water partition coefficient (Wildman–Crippen LogP) is 2.05. The van der Waals surface area contributed by atoms with Crippen molar-refractivity contribution >= 4 is 0 Å². The topological polar surface area (TPSA) is 12.0 Å². The molecule has 0 aliphatic rings. The Hall–Kier alpha value is -0.300. The van der Waals surface area contributed by atoms with Crippen LogP contribution in [0.15, 0.2) is 12.7 Å². The van der Waals surface area contributed by atoms with Crippen molar-refractivity contribution in [3.63, 3.8) is 0 Å². The van der Waals surface area contributed by atoms with E-state index in [-0.39, 0.29) is 0 Å². The molecule has 0 aliphatic carbocycles. The van der Waals surface area contributed by atoms with Crippen molar-refractivity contribution in [3.8, 4) is 0 Å². The molecule has 0 bridgehead atoms. The third-order valence-electron chi connectivity index (χ3n) is 1.89. The zero-order chi connectivity index (χ0) is 7.98. The van der Waals surface area contributed by atoms with Crippen LogP contribution in [0.3, 0.4) is 0 Å². The molecule has 1 nitrogen and oxygen atoms in total. The molecular formula is C9H19N. The maximum absolute atomic E-state index is 3.64. The molecular weight excluding hydrogens is 122 g/mol. The van der Waals surface area contributed by atoms with Crippen molar-refractivity contribution in [1.29, 1.82) is 0 Å². The van der Waals surface area contributed by atoms with E-state index in [1.165, 1.54) is 0 Å². The largest absolute Gasteiger partial charge is 0.313 e. The third-order valence-corrected chi connectivity index (χ3v) is 1.89. The zero-order valence-corrected chi connectivity index (χ0v) is 7.35. The van der Waals surface area contributed by atoms with Crippen molar-refractivity contribution in [2.24, 2.45) is 11.8 Å². The molecule has 0 saturated heterocycles. The highest BCUT2D eigenvalue weighted by molar-refractivity contribution is 4.71. The molecule has 1 N–H and O–H groups in total. The van der Waals surface area contributed by atoms with E-state index in [0.717, 1.165) is 24.9 Å². The van der Waals surface area contributed by atoms with Gasteiger partial charge < -0.3 is 5.32 Å². The van der Waals surface area contributed by atoms with Crippen molar-refractivity contribution in [3.05, 3.63) is 12.7 Å². The quantitative estimate of drug-likeness (QED) is 0.456. The van der Waals surface area contributed by atoms with Gasteiger partial charge in [0, 0.05) is 6.54 Å². The molecule has 0 aromatic carbocycles. The molecule has 1 atom stereocenters. The normalized spacial score (nSPS) is 13.6. The lowest BCUT2D eigenvalue weighted by atomic mass is 9.98. The molecule has 1 heteroatoms. The molecule has 0 heterocycles. The fraction of sp³-hybridized carbons (Fsp3) is 0.778. The monoisotopic (exact) mass is 141 g/mol. The van der Waals surface area contributed by atoms with Crippen LogP contribution in [0.4, 0.5) is 0 Å². The van der Waals surface area contributed by atoms with Gasteiger partial charge in [0.05, 0.1) is 0 Å². The van der Waals surface area contributed by atoms with Crippen molar-refractivity contribution < 1.29 is 0 Å². The molecule has 0 rings (SSSR count). The van der Waals surface area contributed by atoms with Crippen molar-refractivity contribution in [1.82, 2.24) is 5.32 Å². The van der Waals surface area contributed by atoms with Gasteiger partial charge in [-0.3, -0.25) is 0 Å². The molecule has 1 unspecified atom stereocenters. The van der Waals surface area contributed by atoms with E-state index in [4.69, 9.17) is 0 Å². The molecule has 60 valence electrons. The standard InChI is InChI=1S/C9H19N/c1-5-6-10-7-9(4)8(2)3/h5,8-10H,1,6-7H2,2-4H3. The van der Waals surface area contributed by atoms with Gasteiger partial charge in [-0.25, -0.2) is 0 Å². The lowest BCUT2D eigenvalue weighted by molar-refractivity contribution is 0.400. The van der Waals surface area contributed by atoms with Gasteiger partial charge in [-0.1, -0.05) is 26.8 Å². The first kappa shape index (κ1) is 9.70. The average Bonchev–Trinajstić information content (AvgIpc) is 1.88. The fourth-order valence-electron chi connectivity index (χ4n) is 0.649. The van der Waals surface area contributed by atoms with Gasteiger partial charge in [-0.05, 0) is 18.4 Å². The second-order valence-electron chi connectivity index (χ2n) is 3.17. The highest BCUT2D eigenvalue weighted by Gasteiger charge is 2.04. The van der Waals surface area contributed by atoms with E-state index in [2.05, 4.69) is 32.7 Å². The lowest BCUT2D eigenvalue weighted by Gasteiger charge is -2.14. The van der Waals surface area contributed by atoms with Crippen LogP contribution < -0.4 is 5.32 Å². The predicted molar refractivity (Wildman–Crippen MR) is 47.1 cm³/mol. The third kappa shape index (κ3) is 4.57. The molecule has 0 aromatic heterocycles. The minimum absolute atomic E-state index is 0.764. The van der Waals surface area contributed by atoms with Gasteiger partial charge in [-0.15, -0.1) is 6.58 Å². The van der Waals surface area contributed by atoms with E-state index in [1.807, 2.05) is 6.08 Å². The van der Waals surface area contributed by atoms with Crippen LogP contribution in [-0.2, 0) is 0 Å². The summed E-state index contributed by atoms with van der Waals surface area (Å²) in [5.41, 5.74) is 0. The summed E-state index contributed by atoms with van der Waals surface area (Å²) >= 11 is 0. The summed E-state index contributed by atoms with van der Waals surface area (Å²) in [7, 11) is 0. The Morgan fingerprint density at radius 1 is 1.40 bits per heavy atom. The summed E-state index contributed by atoms with van der Waals surface area (Å²) in [5.74, 6) is 1.54. The molecule has 0 aromatic rings. The van der Waals surface area contributed by atoms with Crippen LogP contribution in [0.2, 0.25) is 0 Å². The highest BCUT2D eigenvalue weighted by atomic mass is 14.8. The maximum atomic E-state index is 3.64. The van der Waals surface area contributed by atoms with Crippen LogP contribution in [0.25, 0.3) is 0 Å². The van der Waals surface area contributed by atoms with Crippen LogP contribution >= 0.6 is 0 Å². The van der Waals surface area contributed by atoms with Gasteiger partial charge in [0.2, 0.25) is 0 Å². The Morgan fingerprint density at radius 3 is 2.40 bits per heavy atom. The SMILES string of the molecule is C=CCNCC(C)C(C)C. The number of nitrogens with one attached hydrogen (secondary N) is 1. The second kappa shape index (κ2) is 5.48. The number of hydrogen-bond acceptors (Lipinski definition) is 1. The minimum Gasteiger partial charge on any atom is -0.313 e. The second-order valence-corrected chi connectivity index (χ2v) is 3.17. The van der Waals surface area contributed by atoms with Crippen LogP contribution in [0.1, 0.15) is 20.8 Å². The first-order chi connectivity index (χ1) is 4.68. The van der Waals surface area contributed by atoms with Crippen molar-refractivity contribution in [2.45, 2.75) is 20.8 Å². The number of rotatable bonds is 5. The van der Waals surface area contributed by atoms with E-state index in [1.54, 1.807) is 0 Å². The van der Waals surface area contributed by atoms with E-state index >= 15 is 0 Å². The van der Waals surface area contributed by atoms with Crippen LogP contribution in [0, 0.1) is 11.8 Å². The van der Waals surface area contributed by atoms with E-state index < -0.39 is 0 Å². The highest BCUT2D eigenvalue weighted by Crippen LogP contribution is 2.06. The maximum Gasteiger partial charge on any atom is 0.0132 e. The van der Waals surface area contributed by atoms with Gasteiger partial charge >= 0.3 is 0 Å². The fourth-order valence-corrected chi connectivity index (χ4v) is 0.649. The van der Waals surface area contributed by atoms with Crippen LogP contribution in [0.5, 0.6) is 0 Å². The van der Waals surface area contributed by atoms with Gasteiger partial charge in [0.1, 0.15) is 0 Å². The summed E-state index contributed by atoms with van der Waals surface area (Å²) in [6, 6.07) is 0. The molecule has 0 saturated carbocycles. The Balaban J connectivity index is 3.21. The first-order valence-electron chi connectivity index (χ1n) is 4.00. The minimum atomic E-state index is 0.764. The van der Waals surface area contributed by atoms with Gasteiger partial charge in [-0.2, -0.15) is 0 Å². The van der Waals surface area contributed by atoms with E-state index in [0.29, 0.717) is 0 Å². The summed E-state index contributed by atoms with van der Waals surface area (Å²) in [6.07, 6.45) is 1.90. The Kier molecular flexibility index (Phi) is 5.32. The summed E-state index contributed by atoms with van der Waals surface area (Å²) < 4.78 is 0. The molecule has 0 fully saturated rings. The zero-order valence-electron chi connectivity index (χ0n) is 7.35. The van der Waals surface area contributed by atoms with Crippen molar-refractivity contribution in [2.75, 3.05) is 13.1 Å². The Morgan fingerprint density at radius 2 is 2.00 bits per heavy atom. The Labute approximate surface area is 64.5 Å². The molecule has 0 radical (unpaired) electrons. The lowest BCUT2D eigenvalue weighted by Crippen LogP contribution is -2.23. The van der Waals surface area contributed by atoms with Gasteiger partial charge in [0.15, 0.2) is 0 Å². The smallest absolute Gasteiger partial charge is 0.0132 e. The van der Waals surface area contributed by atoms with Crippen LogP contribution in [-0.4, -0.2) is 13.1 Å². The molecule has 0 aliphatic heterocycles. The summed E-state index contributed by atoms with van der Waals surface area (Å²) in [5, 5.41) is 3.30. The molecule has 10 heavy (non-hydrogen) atoms. The summed E-state index contributed by atoms with van der Waals surface area (Å²) in [6.45, 7) is 12.4. The number of hydrogen-bond donors (Lipinski definition) is 1. The molecule has 0 amide bonds. The van der Waals surface area contributed by atoms with E-state index in [9.17, 15) is 0 Å². The first-order valence-corrected chi connectivity index (χ1v) is 4.00. The summed E-state index contributed by atoms with van der Waals surface area (Å²) in [4.78, 5) is 0.